The minimum absolute atomic E-state index is 0.316. The number of aromatic hydroxyl groups is 1. The van der Waals surface area contributed by atoms with E-state index in [1.165, 1.54) is 5.56 Å². The predicted molar refractivity (Wildman–Crippen MR) is 81.0 cm³/mol. The number of anilines is 1. The molecule has 0 saturated carbocycles. The summed E-state index contributed by atoms with van der Waals surface area (Å²) in [5.74, 6) is 0.316. The van der Waals surface area contributed by atoms with Gasteiger partial charge in [0.15, 0.2) is 0 Å². The number of aryl methyl sites for hydroxylation is 1. The minimum Gasteiger partial charge on any atom is -0.508 e. The van der Waals surface area contributed by atoms with Gasteiger partial charge in [0.2, 0.25) is 0 Å². The van der Waals surface area contributed by atoms with Gasteiger partial charge in [-0.2, -0.15) is 0 Å². The van der Waals surface area contributed by atoms with Crippen LogP contribution in [0.1, 0.15) is 18.9 Å². The van der Waals surface area contributed by atoms with Crippen LogP contribution >= 0.6 is 11.6 Å². The number of phenolic OH excluding ortho intramolecular Hbond substituents is 1. The number of halogens is 1. The number of hydrogen-bond acceptors (Lipinski definition) is 2. The number of nitrogens with one attached hydrogen (secondary N) is 1. The van der Waals surface area contributed by atoms with Crippen molar-refractivity contribution in [3.8, 4) is 5.75 Å². The predicted octanol–water partition coefficient (Wildman–Crippen LogP) is 4.48. The van der Waals surface area contributed by atoms with Crippen LogP contribution in [0.5, 0.6) is 5.75 Å². The molecule has 0 aliphatic heterocycles. The molecule has 0 aliphatic carbocycles. The van der Waals surface area contributed by atoms with Crippen LogP contribution in [0.25, 0.3) is 0 Å². The van der Waals surface area contributed by atoms with Crippen molar-refractivity contribution >= 4 is 17.3 Å². The van der Waals surface area contributed by atoms with Gasteiger partial charge in [-0.3, -0.25) is 0 Å². The van der Waals surface area contributed by atoms with Crippen LogP contribution in [0.2, 0.25) is 5.02 Å². The first-order valence-corrected chi connectivity index (χ1v) is 6.81. The van der Waals surface area contributed by atoms with Gasteiger partial charge >= 0.3 is 0 Å². The average Bonchev–Trinajstić information content (AvgIpc) is 2.41. The van der Waals surface area contributed by atoms with Crippen molar-refractivity contribution in [1.29, 1.82) is 0 Å². The summed E-state index contributed by atoms with van der Waals surface area (Å²) < 4.78 is 0. The minimum atomic E-state index is 0.316. The van der Waals surface area contributed by atoms with Gasteiger partial charge in [0.05, 0.1) is 0 Å². The van der Waals surface area contributed by atoms with Crippen molar-refractivity contribution in [3.63, 3.8) is 0 Å². The molecular formula is C16H18ClNO. The highest BCUT2D eigenvalue weighted by atomic mass is 35.5. The maximum atomic E-state index is 9.23. The van der Waals surface area contributed by atoms with Gasteiger partial charge < -0.3 is 10.4 Å². The molecule has 0 bridgehead atoms. The van der Waals surface area contributed by atoms with Crippen molar-refractivity contribution in [2.45, 2.75) is 25.8 Å². The molecule has 0 aliphatic rings. The molecule has 1 atom stereocenters. The monoisotopic (exact) mass is 275 g/mol. The topological polar surface area (TPSA) is 32.3 Å². The summed E-state index contributed by atoms with van der Waals surface area (Å²) in [5.41, 5.74) is 2.32. The molecule has 0 spiro atoms. The lowest BCUT2D eigenvalue weighted by atomic mass is 10.1. The Morgan fingerprint density at radius 2 is 1.68 bits per heavy atom. The number of rotatable bonds is 5. The first kappa shape index (κ1) is 13.8. The second-order valence-corrected chi connectivity index (χ2v) is 5.19. The summed E-state index contributed by atoms with van der Waals surface area (Å²) in [5, 5.41) is 13.4. The van der Waals surface area contributed by atoms with Crippen LogP contribution in [0.4, 0.5) is 5.69 Å². The molecule has 2 nitrogen and oxygen atoms in total. The highest BCUT2D eigenvalue weighted by Gasteiger charge is 2.03. The highest BCUT2D eigenvalue weighted by molar-refractivity contribution is 6.30. The van der Waals surface area contributed by atoms with E-state index in [0.717, 1.165) is 23.6 Å². The van der Waals surface area contributed by atoms with Crippen LogP contribution in [0, 0.1) is 0 Å². The number of hydrogen-bond donors (Lipinski definition) is 2. The van der Waals surface area contributed by atoms with Gasteiger partial charge in [0.25, 0.3) is 0 Å². The first-order chi connectivity index (χ1) is 9.13. The van der Waals surface area contributed by atoms with E-state index in [9.17, 15) is 5.11 Å². The summed E-state index contributed by atoms with van der Waals surface area (Å²) in [4.78, 5) is 0. The summed E-state index contributed by atoms with van der Waals surface area (Å²) in [6.07, 6.45) is 2.02. The van der Waals surface area contributed by atoms with E-state index in [4.69, 9.17) is 11.6 Å². The molecule has 3 heteroatoms. The fourth-order valence-corrected chi connectivity index (χ4v) is 2.07. The Bertz CT molecular complexity index is 507. The van der Waals surface area contributed by atoms with E-state index < -0.39 is 0 Å². The van der Waals surface area contributed by atoms with Crippen LogP contribution in [0.3, 0.4) is 0 Å². The van der Waals surface area contributed by atoms with E-state index in [0.29, 0.717) is 11.8 Å². The van der Waals surface area contributed by atoms with Crippen LogP contribution < -0.4 is 5.32 Å². The maximum Gasteiger partial charge on any atom is 0.115 e. The zero-order valence-corrected chi connectivity index (χ0v) is 11.7. The quantitative estimate of drug-likeness (QED) is 0.843. The molecule has 0 radical (unpaired) electrons. The summed E-state index contributed by atoms with van der Waals surface area (Å²) in [6.45, 7) is 2.16. The molecule has 1 unspecified atom stereocenters. The van der Waals surface area contributed by atoms with E-state index in [1.807, 2.05) is 36.4 Å². The van der Waals surface area contributed by atoms with Gasteiger partial charge in [-0.1, -0.05) is 23.7 Å². The Balaban J connectivity index is 1.82. The Morgan fingerprint density at radius 1 is 1.05 bits per heavy atom. The van der Waals surface area contributed by atoms with Gasteiger partial charge in [0, 0.05) is 16.8 Å². The van der Waals surface area contributed by atoms with Crippen LogP contribution in [-0.2, 0) is 6.42 Å². The van der Waals surface area contributed by atoms with Gasteiger partial charge in [0.1, 0.15) is 5.75 Å². The van der Waals surface area contributed by atoms with E-state index in [-0.39, 0.29) is 0 Å². The molecule has 0 amide bonds. The SMILES string of the molecule is CC(CCc1ccc(O)cc1)Nc1ccc(Cl)cc1. The molecule has 0 fully saturated rings. The molecule has 0 heterocycles. The third-order valence-corrected chi connectivity index (χ3v) is 3.31. The number of benzene rings is 2. The largest absolute Gasteiger partial charge is 0.508 e. The average molecular weight is 276 g/mol. The number of phenols is 1. The molecule has 2 N–H and O–H groups in total. The van der Waals surface area contributed by atoms with Crippen molar-refractivity contribution in [2.24, 2.45) is 0 Å². The van der Waals surface area contributed by atoms with Crippen molar-refractivity contribution in [3.05, 3.63) is 59.1 Å². The molecule has 0 saturated heterocycles. The standard InChI is InChI=1S/C16H18ClNO/c1-12(18-15-8-6-14(17)7-9-15)2-3-13-4-10-16(19)11-5-13/h4-12,18-19H,2-3H2,1H3. The normalized spacial score (nSPS) is 12.1. The fourth-order valence-electron chi connectivity index (χ4n) is 1.95. The molecule has 0 aromatic heterocycles. The summed E-state index contributed by atoms with van der Waals surface area (Å²) in [7, 11) is 0. The van der Waals surface area contributed by atoms with Crippen molar-refractivity contribution in [1.82, 2.24) is 0 Å². The summed E-state index contributed by atoms with van der Waals surface area (Å²) >= 11 is 5.85. The molecule has 2 rings (SSSR count). The lowest BCUT2D eigenvalue weighted by molar-refractivity contribution is 0.475. The molecule has 2 aromatic rings. The highest BCUT2D eigenvalue weighted by Crippen LogP contribution is 2.16. The smallest absolute Gasteiger partial charge is 0.115 e. The van der Waals surface area contributed by atoms with Crippen molar-refractivity contribution < 1.29 is 5.11 Å². The molecular weight excluding hydrogens is 258 g/mol. The van der Waals surface area contributed by atoms with Crippen LogP contribution in [0.15, 0.2) is 48.5 Å². The Hall–Kier alpha value is -1.67. The third kappa shape index (κ3) is 4.49. The lowest BCUT2D eigenvalue weighted by Gasteiger charge is -2.15. The third-order valence-electron chi connectivity index (χ3n) is 3.06. The van der Waals surface area contributed by atoms with Crippen LogP contribution in [-0.4, -0.2) is 11.1 Å². The van der Waals surface area contributed by atoms with Gasteiger partial charge in [-0.05, 0) is 61.7 Å². The Labute approximate surface area is 119 Å². The Kier molecular flexibility index (Phi) is 4.69. The second-order valence-electron chi connectivity index (χ2n) is 4.76. The van der Waals surface area contributed by atoms with E-state index in [1.54, 1.807) is 12.1 Å². The zero-order valence-electron chi connectivity index (χ0n) is 10.9. The van der Waals surface area contributed by atoms with Gasteiger partial charge in [-0.25, -0.2) is 0 Å². The van der Waals surface area contributed by atoms with E-state index >= 15 is 0 Å². The lowest BCUT2D eigenvalue weighted by Crippen LogP contribution is -2.15. The molecule has 19 heavy (non-hydrogen) atoms. The Morgan fingerprint density at radius 3 is 2.32 bits per heavy atom. The van der Waals surface area contributed by atoms with Crippen molar-refractivity contribution in [2.75, 3.05) is 5.32 Å². The first-order valence-electron chi connectivity index (χ1n) is 6.43. The second kappa shape index (κ2) is 6.48. The van der Waals surface area contributed by atoms with Gasteiger partial charge in [-0.15, -0.1) is 0 Å². The molecule has 2 aromatic carbocycles. The maximum absolute atomic E-state index is 9.23. The zero-order chi connectivity index (χ0) is 13.7. The van der Waals surface area contributed by atoms with E-state index in [2.05, 4.69) is 12.2 Å². The fraction of sp³-hybridized carbons (Fsp3) is 0.250. The molecule has 100 valence electrons. The summed E-state index contributed by atoms with van der Waals surface area (Å²) in [6, 6.07) is 15.5.